The number of azo groups is 1. The number of thiol groups is 1. The van der Waals surface area contributed by atoms with Gasteiger partial charge < -0.3 is 0 Å². The van der Waals surface area contributed by atoms with Crippen LogP contribution in [-0.2, 0) is 0 Å². The molecule has 0 heterocycles. The molecule has 20 heavy (non-hydrogen) atoms. The summed E-state index contributed by atoms with van der Waals surface area (Å²) in [7, 11) is 0. The first-order chi connectivity index (χ1) is 9.91. The molecule has 0 radical (unpaired) electrons. The molecule has 4 heteroatoms. The highest BCUT2D eigenvalue weighted by Crippen LogP contribution is 2.12. The lowest BCUT2D eigenvalue weighted by atomic mass is 10.1. The fourth-order valence-corrected chi connectivity index (χ4v) is 2.65. The molecule has 0 rings (SSSR count). The molecule has 0 saturated carbocycles. The summed E-state index contributed by atoms with van der Waals surface area (Å²) in [6.45, 7) is 0.923. The average molecular weight is 319 g/mol. The molecule has 0 aromatic carbocycles. The molecule has 0 aromatic heterocycles. The Balaban J connectivity index is 2.96. The van der Waals surface area contributed by atoms with Crippen LogP contribution < -0.4 is 0 Å². The Labute approximate surface area is 136 Å². The van der Waals surface area contributed by atoms with E-state index >= 15 is 0 Å². The number of thioether (sulfide) groups is 1. The summed E-state index contributed by atoms with van der Waals surface area (Å²) in [6.07, 6.45) is 18.6. The standard InChI is InChI=1S/C16H34N2S2/c1-20-16-18-17-14-12-10-8-6-4-2-3-5-7-9-11-13-15-19/h19H,2-16H2,1H3. The van der Waals surface area contributed by atoms with Crippen molar-refractivity contribution >= 4 is 24.4 Å². The third-order valence-electron chi connectivity index (χ3n) is 3.45. The van der Waals surface area contributed by atoms with Crippen molar-refractivity contribution in [2.24, 2.45) is 10.2 Å². The van der Waals surface area contributed by atoms with Crippen LogP contribution in [0.15, 0.2) is 10.2 Å². The van der Waals surface area contributed by atoms with Crippen LogP contribution in [-0.4, -0.2) is 24.4 Å². The topological polar surface area (TPSA) is 24.7 Å². The quantitative estimate of drug-likeness (QED) is 0.199. The van der Waals surface area contributed by atoms with Crippen LogP contribution >= 0.6 is 24.4 Å². The Morgan fingerprint density at radius 1 is 0.650 bits per heavy atom. The van der Waals surface area contributed by atoms with Gasteiger partial charge in [-0.15, -0.1) is 11.8 Å². The lowest BCUT2D eigenvalue weighted by molar-refractivity contribution is 0.545. The second-order valence-corrected chi connectivity index (χ2v) is 6.67. The van der Waals surface area contributed by atoms with Gasteiger partial charge in [-0.3, -0.25) is 0 Å². The molecule has 0 N–H and O–H groups in total. The van der Waals surface area contributed by atoms with E-state index in [-0.39, 0.29) is 0 Å². The first kappa shape index (κ1) is 20.3. The van der Waals surface area contributed by atoms with Gasteiger partial charge >= 0.3 is 0 Å². The van der Waals surface area contributed by atoms with Crippen molar-refractivity contribution in [3.8, 4) is 0 Å². The smallest absolute Gasteiger partial charge is 0.105 e. The minimum Gasteiger partial charge on any atom is -0.193 e. The van der Waals surface area contributed by atoms with Gasteiger partial charge in [0.15, 0.2) is 0 Å². The van der Waals surface area contributed by atoms with Gasteiger partial charge in [0, 0.05) is 0 Å². The Morgan fingerprint density at radius 3 is 1.55 bits per heavy atom. The molecule has 0 atom stereocenters. The molecule has 0 aromatic rings. The van der Waals surface area contributed by atoms with Gasteiger partial charge in [-0.25, -0.2) is 0 Å². The van der Waals surface area contributed by atoms with Gasteiger partial charge in [-0.1, -0.05) is 64.2 Å². The third kappa shape index (κ3) is 18.3. The van der Waals surface area contributed by atoms with Crippen molar-refractivity contribution in [3.05, 3.63) is 0 Å². The molecule has 120 valence electrons. The average Bonchev–Trinajstić information content (AvgIpc) is 2.47. The zero-order valence-corrected chi connectivity index (χ0v) is 15.1. The van der Waals surface area contributed by atoms with Crippen molar-refractivity contribution in [2.45, 2.75) is 77.0 Å². The van der Waals surface area contributed by atoms with Crippen molar-refractivity contribution in [2.75, 3.05) is 24.4 Å². The lowest BCUT2D eigenvalue weighted by Gasteiger charge is -2.02. The van der Waals surface area contributed by atoms with E-state index in [2.05, 4.69) is 29.1 Å². The highest BCUT2D eigenvalue weighted by atomic mass is 32.2. The summed E-state index contributed by atoms with van der Waals surface area (Å²) in [5.41, 5.74) is 0. The summed E-state index contributed by atoms with van der Waals surface area (Å²) < 4.78 is 0. The largest absolute Gasteiger partial charge is 0.193 e. The van der Waals surface area contributed by atoms with E-state index in [4.69, 9.17) is 0 Å². The van der Waals surface area contributed by atoms with Crippen molar-refractivity contribution in [1.29, 1.82) is 0 Å². The van der Waals surface area contributed by atoms with E-state index in [1.807, 2.05) is 0 Å². The van der Waals surface area contributed by atoms with Gasteiger partial charge in [-0.2, -0.15) is 22.9 Å². The second kappa shape index (κ2) is 19.3. The molecule has 2 nitrogen and oxygen atoms in total. The molecule has 0 aliphatic rings. The number of unbranched alkanes of at least 4 members (excludes halogenated alkanes) is 11. The van der Waals surface area contributed by atoms with E-state index in [0.717, 1.165) is 18.2 Å². The normalized spacial score (nSPS) is 11.5. The fourth-order valence-electron chi connectivity index (χ4n) is 2.23. The molecule has 0 fully saturated rings. The van der Waals surface area contributed by atoms with E-state index in [1.54, 1.807) is 11.8 Å². The number of rotatable bonds is 16. The maximum atomic E-state index is 4.24. The van der Waals surface area contributed by atoms with Crippen LogP contribution in [0.1, 0.15) is 77.0 Å². The zero-order valence-electron chi connectivity index (χ0n) is 13.4. The Bertz CT molecular complexity index is 199. The van der Waals surface area contributed by atoms with Gasteiger partial charge in [0.25, 0.3) is 0 Å². The molecule has 0 saturated heterocycles. The first-order valence-corrected chi connectivity index (χ1v) is 10.4. The van der Waals surface area contributed by atoms with E-state index in [1.165, 1.54) is 77.0 Å². The maximum Gasteiger partial charge on any atom is 0.105 e. The summed E-state index contributed by atoms with van der Waals surface area (Å²) in [5, 5.41) is 8.22. The molecular weight excluding hydrogens is 284 g/mol. The van der Waals surface area contributed by atoms with Crippen LogP contribution in [0.2, 0.25) is 0 Å². The number of hydrogen-bond acceptors (Lipinski definition) is 4. The van der Waals surface area contributed by atoms with E-state index in [0.29, 0.717) is 0 Å². The minimum atomic E-state index is 0.814. The fraction of sp³-hybridized carbons (Fsp3) is 1.00. The van der Waals surface area contributed by atoms with Crippen molar-refractivity contribution < 1.29 is 0 Å². The molecule has 0 unspecified atom stereocenters. The Morgan fingerprint density at radius 2 is 1.10 bits per heavy atom. The SMILES string of the molecule is CSCN=NCCCCCCCCCCCCCCS. The highest BCUT2D eigenvalue weighted by Gasteiger charge is 1.93. The Kier molecular flexibility index (Phi) is 19.6. The van der Waals surface area contributed by atoms with Crippen LogP contribution in [0.3, 0.4) is 0 Å². The number of hydrogen-bond donors (Lipinski definition) is 1. The van der Waals surface area contributed by atoms with Crippen LogP contribution in [0, 0.1) is 0 Å². The summed E-state index contributed by atoms with van der Waals surface area (Å²) in [6, 6.07) is 0. The Hall–Kier alpha value is 0.300. The van der Waals surface area contributed by atoms with Crippen LogP contribution in [0.4, 0.5) is 0 Å². The molecule has 0 bridgehead atoms. The molecule has 0 aliphatic carbocycles. The molecule has 0 aliphatic heterocycles. The third-order valence-corrected chi connectivity index (χ3v) is 4.14. The summed E-state index contributed by atoms with van der Waals surface area (Å²) >= 11 is 5.96. The zero-order chi connectivity index (χ0) is 14.7. The summed E-state index contributed by atoms with van der Waals surface area (Å²) in [5.74, 6) is 1.87. The van der Waals surface area contributed by atoms with Crippen LogP contribution in [0.25, 0.3) is 0 Å². The van der Waals surface area contributed by atoms with Gasteiger partial charge in [0.05, 0.1) is 6.54 Å². The minimum absolute atomic E-state index is 0.814. The molecule has 0 spiro atoms. The van der Waals surface area contributed by atoms with Crippen molar-refractivity contribution in [3.63, 3.8) is 0 Å². The highest BCUT2D eigenvalue weighted by molar-refractivity contribution is 7.98. The van der Waals surface area contributed by atoms with Crippen LogP contribution in [0.5, 0.6) is 0 Å². The van der Waals surface area contributed by atoms with Gasteiger partial charge in [-0.05, 0) is 24.9 Å². The van der Waals surface area contributed by atoms with Gasteiger partial charge in [0.2, 0.25) is 0 Å². The van der Waals surface area contributed by atoms with E-state index < -0.39 is 0 Å². The van der Waals surface area contributed by atoms with E-state index in [9.17, 15) is 0 Å². The van der Waals surface area contributed by atoms with Gasteiger partial charge in [0.1, 0.15) is 5.88 Å². The van der Waals surface area contributed by atoms with Crippen molar-refractivity contribution in [1.82, 2.24) is 0 Å². The second-order valence-electron chi connectivity index (χ2n) is 5.39. The maximum absolute atomic E-state index is 4.24. The summed E-state index contributed by atoms with van der Waals surface area (Å²) in [4.78, 5) is 0. The predicted molar refractivity (Wildman–Crippen MR) is 97.4 cm³/mol. The molecule has 0 amide bonds. The first-order valence-electron chi connectivity index (χ1n) is 8.35. The number of nitrogens with zero attached hydrogens (tertiary/aromatic N) is 2. The molecular formula is C16H34N2S2. The predicted octanol–water partition coefficient (Wildman–Crippen LogP) is 6.37. The monoisotopic (exact) mass is 318 g/mol. The lowest BCUT2D eigenvalue weighted by Crippen LogP contribution is -1.84.